The SMILES string of the molecule is N#Cc1ccc2c(c1)CCN(C(=O)Nc1ccc(N3CCOCC3)c(F)c1)C2. The van der Waals surface area contributed by atoms with Gasteiger partial charge < -0.3 is 19.9 Å². The first-order valence-electron chi connectivity index (χ1n) is 9.34. The van der Waals surface area contributed by atoms with Crippen LogP contribution in [0, 0.1) is 17.1 Å². The van der Waals surface area contributed by atoms with Gasteiger partial charge in [-0.05, 0) is 47.9 Å². The molecular weight excluding hydrogens is 359 g/mol. The smallest absolute Gasteiger partial charge is 0.322 e. The highest BCUT2D eigenvalue weighted by Gasteiger charge is 2.22. The molecule has 0 bridgehead atoms. The first-order valence-corrected chi connectivity index (χ1v) is 9.34. The summed E-state index contributed by atoms with van der Waals surface area (Å²) in [4.78, 5) is 16.3. The van der Waals surface area contributed by atoms with Gasteiger partial charge in [-0.3, -0.25) is 0 Å². The third kappa shape index (κ3) is 3.78. The lowest BCUT2D eigenvalue weighted by Gasteiger charge is -2.30. The Kier molecular flexibility index (Phi) is 5.13. The van der Waals surface area contributed by atoms with Gasteiger partial charge in [0.2, 0.25) is 0 Å². The van der Waals surface area contributed by atoms with Crippen molar-refractivity contribution in [2.24, 2.45) is 0 Å². The summed E-state index contributed by atoms with van der Waals surface area (Å²) in [5.74, 6) is -0.354. The molecule has 0 atom stereocenters. The van der Waals surface area contributed by atoms with Gasteiger partial charge in [-0.25, -0.2) is 9.18 Å². The molecule has 1 saturated heterocycles. The van der Waals surface area contributed by atoms with Crippen molar-refractivity contribution in [3.63, 3.8) is 0 Å². The molecule has 4 rings (SSSR count). The van der Waals surface area contributed by atoms with Crippen LogP contribution in [0.1, 0.15) is 16.7 Å². The number of carbonyl (C=O) groups excluding carboxylic acids is 1. The molecular formula is C21H21FN4O2. The van der Waals surface area contributed by atoms with Gasteiger partial charge in [0.15, 0.2) is 0 Å². The first-order chi connectivity index (χ1) is 13.6. The standard InChI is InChI=1S/C21H21FN4O2/c22-19-12-18(3-4-20(19)25-7-9-28-10-8-25)24-21(27)26-6-5-16-11-15(13-23)1-2-17(16)14-26/h1-4,11-12H,5-10,14H2,(H,24,27). The molecule has 2 heterocycles. The molecule has 2 aromatic carbocycles. The number of urea groups is 1. The lowest BCUT2D eigenvalue weighted by atomic mass is 9.98. The highest BCUT2D eigenvalue weighted by atomic mass is 19.1. The van der Waals surface area contributed by atoms with E-state index in [1.165, 1.54) is 6.07 Å². The number of nitriles is 1. The summed E-state index contributed by atoms with van der Waals surface area (Å²) in [6.45, 7) is 3.52. The monoisotopic (exact) mass is 380 g/mol. The molecule has 0 unspecified atom stereocenters. The van der Waals surface area contributed by atoms with Crippen LogP contribution in [-0.2, 0) is 17.7 Å². The summed E-state index contributed by atoms with van der Waals surface area (Å²) in [5, 5.41) is 11.8. The van der Waals surface area contributed by atoms with Crippen LogP contribution >= 0.6 is 0 Å². The zero-order chi connectivity index (χ0) is 19.5. The Hall–Kier alpha value is -3.11. The van der Waals surface area contributed by atoms with Crippen LogP contribution in [0.25, 0.3) is 0 Å². The molecule has 144 valence electrons. The molecule has 0 aliphatic carbocycles. The van der Waals surface area contributed by atoms with Crippen molar-refractivity contribution in [2.75, 3.05) is 43.1 Å². The lowest BCUT2D eigenvalue weighted by molar-refractivity contribution is 0.122. The van der Waals surface area contributed by atoms with E-state index >= 15 is 0 Å². The van der Waals surface area contributed by atoms with Crippen molar-refractivity contribution in [1.82, 2.24) is 4.90 Å². The van der Waals surface area contributed by atoms with Gasteiger partial charge in [0.1, 0.15) is 5.82 Å². The fraction of sp³-hybridized carbons (Fsp3) is 0.333. The van der Waals surface area contributed by atoms with Gasteiger partial charge >= 0.3 is 6.03 Å². The van der Waals surface area contributed by atoms with E-state index < -0.39 is 0 Å². The summed E-state index contributed by atoms with van der Waals surface area (Å²) in [6.07, 6.45) is 0.697. The van der Waals surface area contributed by atoms with Crippen molar-refractivity contribution < 1.29 is 13.9 Å². The number of ether oxygens (including phenoxy) is 1. The number of rotatable bonds is 2. The minimum atomic E-state index is -0.354. The Morgan fingerprint density at radius 3 is 2.68 bits per heavy atom. The zero-order valence-corrected chi connectivity index (χ0v) is 15.4. The van der Waals surface area contributed by atoms with Crippen LogP contribution in [0.2, 0.25) is 0 Å². The molecule has 7 heteroatoms. The lowest BCUT2D eigenvalue weighted by Crippen LogP contribution is -2.39. The second-order valence-electron chi connectivity index (χ2n) is 6.96. The normalized spacial score (nSPS) is 16.3. The van der Waals surface area contributed by atoms with Crippen molar-refractivity contribution >= 4 is 17.4 Å². The molecule has 1 N–H and O–H groups in total. The van der Waals surface area contributed by atoms with E-state index in [9.17, 15) is 9.18 Å². The third-order valence-electron chi connectivity index (χ3n) is 5.19. The molecule has 1 fully saturated rings. The topological polar surface area (TPSA) is 68.6 Å². The number of hydrogen-bond acceptors (Lipinski definition) is 4. The molecule has 6 nitrogen and oxygen atoms in total. The number of amides is 2. The number of hydrogen-bond donors (Lipinski definition) is 1. The molecule has 2 amide bonds. The molecule has 0 saturated carbocycles. The zero-order valence-electron chi connectivity index (χ0n) is 15.4. The number of morpholine rings is 1. The Bertz CT molecular complexity index is 934. The van der Waals surface area contributed by atoms with Gasteiger partial charge in [-0.2, -0.15) is 5.26 Å². The average Bonchev–Trinajstić information content (AvgIpc) is 2.73. The van der Waals surface area contributed by atoms with Crippen molar-refractivity contribution in [3.8, 4) is 6.07 Å². The molecule has 0 aromatic heterocycles. The summed E-state index contributed by atoms with van der Waals surface area (Å²) in [6, 6.07) is 12.2. The quantitative estimate of drug-likeness (QED) is 0.869. The minimum absolute atomic E-state index is 0.256. The third-order valence-corrected chi connectivity index (χ3v) is 5.19. The Labute approximate surface area is 163 Å². The number of halogens is 1. The summed E-state index contributed by atoms with van der Waals surface area (Å²) >= 11 is 0. The Morgan fingerprint density at radius 1 is 1.11 bits per heavy atom. The molecule has 0 spiro atoms. The summed E-state index contributed by atoms with van der Waals surface area (Å²) in [5.41, 5.74) is 3.73. The number of anilines is 2. The predicted octanol–water partition coefficient (Wildman–Crippen LogP) is 3.12. The van der Waals surface area contributed by atoms with E-state index in [-0.39, 0.29) is 11.8 Å². The largest absolute Gasteiger partial charge is 0.378 e. The Morgan fingerprint density at radius 2 is 1.93 bits per heavy atom. The predicted molar refractivity (Wildman–Crippen MR) is 104 cm³/mol. The van der Waals surface area contributed by atoms with E-state index in [1.54, 1.807) is 23.1 Å². The van der Waals surface area contributed by atoms with E-state index in [2.05, 4.69) is 11.4 Å². The highest BCUT2D eigenvalue weighted by molar-refractivity contribution is 5.89. The highest BCUT2D eigenvalue weighted by Crippen LogP contribution is 2.25. The summed E-state index contributed by atoms with van der Waals surface area (Å²) < 4.78 is 19.8. The van der Waals surface area contributed by atoms with Gasteiger partial charge in [-0.1, -0.05) is 6.07 Å². The molecule has 2 aliphatic rings. The van der Waals surface area contributed by atoms with Crippen LogP contribution in [0.3, 0.4) is 0 Å². The fourth-order valence-corrected chi connectivity index (χ4v) is 3.64. The van der Waals surface area contributed by atoms with Crippen molar-refractivity contribution in [3.05, 3.63) is 58.9 Å². The van der Waals surface area contributed by atoms with Crippen LogP contribution in [0.5, 0.6) is 0 Å². The minimum Gasteiger partial charge on any atom is -0.378 e. The van der Waals surface area contributed by atoms with Crippen molar-refractivity contribution in [1.29, 1.82) is 5.26 Å². The number of carbonyl (C=O) groups is 1. The van der Waals surface area contributed by atoms with E-state index in [0.29, 0.717) is 62.8 Å². The molecule has 28 heavy (non-hydrogen) atoms. The first kappa shape index (κ1) is 18.3. The Balaban J connectivity index is 1.42. The van der Waals surface area contributed by atoms with Gasteiger partial charge in [0.25, 0.3) is 0 Å². The maximum atomic E-state index is 14.5. The molecule has 2 aliphatic heterocycles. The maximum Gasteiger partial charge on any atom is 0.322 e. The van der Waals surface area contributed by atoms with Gasteiger partial charge in [0.05, 0.1) is 30.5 Å². The second kappa shape index (κ2) is 7.87. The number of fused-ring (bicyclic) bond motifs is 1. The molecule has 0 radical (unpaired) electrons. The fourth-order valence-electron chi connectivity index (χ4n) is 3.64. The van der Waals surface area contributed by atoms with Gasteiger partial charge in [0, 0.05) is 31.9 Å². The molecule has 2 aromatic rings. The number of nitrogens with one attached hydrogen (secondary N) is 1. The van der Waals surface area contributed by atoms with Gasteiger partial charge in [-0.15, -0.1) is 0 Å². The van der Waals surface area contributed by atoms with Crippen LogP contribution in [0.4, 0.5) is 20.6 Å². The van der Waals surface area contributed by atoms with E-state index in [4.69, 9.17) is 10.00 Å². The van der Waals surface area contributed by atoms with E-state index in [0.717, 1.165) is 11.1 Å². The summed E-state index contributed by atoms with van der Waals surface area (Å²) in [7, 11) is 0. The number of nitrogens with zero attached hydrogens (tertiary/aromatic N) is 3. The number of benzene rings is 2. The average molecular weight is 380 g/mol. The van der Waals surface area contributed by atoms with Crippen LogP contribution in [0.15, 0.2) is 36.4 Å². The second-order valence-corrected chi connectivity index (χ2v) is 6.96. The van der Waals surface area contributed by atoms with E-state index in [1.807, 2.05) is 17.0 Å². The van der Waals surface area contributed by atoms with Crippen molar-refractivity contribution in [2.45, 2.75) is 13.0 Å². The van der Waals surface area contributed by atoms with Crippen LogP contribution in [-0.4, -0.2) is 43.8 Å². The van der Waals surface area contributed by atoms with Crippen LogP contribution < -0.4 is 10.2 Å². The maximum absolute atomic E-state index is 14.5.